The van der Waals surface area contributed by atoms with E-state index in [9.17, 15) is 9.59 Å². The van der Waals surface area contributed by atoms with Gasteiger partial charge in [-0.25, -0.2) is 0 Å². The van der Waals surface area contributed by atoms with Crippen LogP contribution in [-0.2, 0) is 33.0 Å². The smallest absolute Gasteiger partial charge is 0.456 e. The Morgan fingerprint density at radius 2 is 1.74 bits per heavy atom. The third-order valence-electron chi connectivity index (χ3n) is 2.92. The molecule has 5 atom stereocenters. The molecule has 0 N–H and O–H groups in total. The number of hydrogen-bond acceptors (Lipinski definition) is 6. The SMILES string of the molecule is CC(=O)OC1C2OC(C)=[O+][C@@H]2O[C@H](C)[C@H]1OC(C)=O. The van der Waals surface area contributed by atoms with Crippen molar-refractivity contribution in [3.05, 3.63) is 0 Å². The molecule has 2 aliphatic heterocycles. The average Bonchev–Trinajstić information content (AvgIpc) is 2.62. The molecule has 106 valence electrons. The first-order valence-electron chi connectivity index (χ1n) is 6.05. The highest BCUT2D eigenvalue weighted by atomic mass is 16.8. The fourth-order valence-electron chi connectivity index (χ4n) is 2.26. The number of rotatable bonds is 2. The van der Waals surface area contributed by atoms with Gasteiger partial charge in [0.2, 0.25) is 6.10 Å². The molecule has 1 saturated heterocycles. The van der Waals surface area contributed by atoms with Crippen LogP contribution in [0.1, 0.15) is 27.7 Å². The molecule has 1 fully saturated rings. The maximum absolute atomic E-state index is 11.2. The number of hydrogen-bond donors (Lipinski definition) is 0. The predicted molar refractivity (Wildman–Crippen MR) is 61.0 cm³/mol. The third-order valence-corrected chi connectivity index (χ3v) is 2.92. The molecule has 0 bridgehead atoms. The minimum atomic E-state index is -0.757. The first-order valence-corrected chi connectivity index (χ1v) is 6.05. The molecule has 2 unspecified atom stereocenters. The lowest BCUT2D eigenvalue weighted by atomic mass is 9.99. The molecule has 0 amide bonds. The van der Waals surface area contributed by atoms with Crippen molar-refractivity contribution in [2.45, 2.75) is 58.4 Å². The van der Waals surface area contributed by atoms with E-state index in [0.29, 0.717) is 5.97 Å². The Morgan fingerprint density at radius 3 is 2.32 bits per heavy atom. The lowest BCUT2D eigenvalue weighted by molar-refractivity contribution is -0.569. The first kappa shape index (κ1) is 13.8. The van der Waals surface area contributed by atoms with E-state index in [1.165, 1.54) is 13.8 Å². The van der Waals surface area contributed by atoms with Gasteiger partial charge in [0.1, 0.15) is 6.10 Å². The number of esters is 3. The summed E-state index contributed by atoms with van der Waals surface area (Å²) < 4.78 is 26.7. The maximum atomic E-state index is 11.2. The van der Waals surface area contributed by atoms with Crippen molar-refractivity contribution >= 4 is 17.9 Å². The van der Waals surface area contributed by atoms with Gasteiger partial charge in [0, 0.05) is 13.8 Å². The van der Waals surface area contributed by atoms with Gasteiger partial charge in [-0.1, -0.05) is 0 Å². The van der Waals surface area contributed by atoms with Crippen LogP contribution in [0, 0.1) is 0 Å². The minimum absolute atomic E-state index is 0.336. The van der Waals surface area contributed by atoms with Gasteiger partial charge in [-0.2, -0.15) is 0 Å². The molecule has 2 heterocycles. The van der Waals surface area contributed by atoms with Gasteiger partial charge in [-0.15, -0.1) is 0 Å². The van der Waals surface area contributed by atoms with Crippen molar-refractivity contribution in [3.8, 4) is 0 Å². The van der Waals surface area contributed by atoms with E-state index in [1.807, 2.05) is 0 Å². The Bertz CT molecular complexity index is 416. The number of fused-ring (bicyclic) bond motifs is 1. The lowest BCUT2D eigenvalue weighted by Gasteiger charge is -2.35. The largest absolute Gasteiger partial charge is 0.484 e. The monoisotopic (exact) mass is 273 g/mol. The molecule has 0 radical (unpaired) electrons. The van der Waals surface area contributed by atoms with Crippen molar-refractivity contribution < 1.29 is 33.0 Å². The molecule has 0 spiro atoms. The summed E-state index contributed by atoms with van der Waals surface area (Å²) in [4.78, 5) is 22.4. The lowest BCUT2D eigenvalue weighted by Crippen LogP contribution is -2.58. The van der Waals surface area contributed by atoms with Gasteiger partial charge in [0.15, 0.2) is 6.10 Å². The van der Waals surface area contributed by atoms with E-state index >= 15 is 0 Å². The van der Waals surface area contributed by atoms with Crippen LogP contribution in [0.15, 0.2) is 0 Å². The summed E-state index contributed by atoms with van der Waals surface area (Å²) in [6, 6.07) is 0. The Hall–Kier alpha value is -1.63. The van der Waals surface area contributed by atoms with Crippen LogP contribution in [-0.4, -0.2) is 48.6 Å². The van der Waals surface area contributed by atoms with Crippen molar-refractivity contribution in [1.29, 1.82) is 0 Å². The van der Waals surface area contributed by atoms with Gasteiger partial charge in [0.25, 0.3) is 0 Å². The topological polar surface area (TPSA) is 82.4 Å². The first-order chi connectivity index (χ1) is 8.88. The fraction of sp³-hybridized carbons (Fsp3) is 0.750. The summed E-state index contributed by atoms with van der Waals surface area (Å²) in [5, 5.41) is 0. The average molecular weight is 273 g/mol. The summed E-state index contributed by atoms with van der Waals surface area (Å²) in [6.07, 6.45) is -3.25. The second kappa shape index (κ2) is 5.16. The molecule has 2 aliphatic rings. The van der Waals surface area contributed by atoms with Gasteiger partial charge in [0.05, 0.1) is 6.92 Å². The van der Waals surface area contributed by atoms with E-state index in [4.69, 9.17) is 23.4 Å². The summed E-state index contributed by atoms with van der Waals surface area (Å²) in [5.74, 6) is -0.623. The standard InChI is InChI=1S/C12H17O7/c1-5-9(16-6(2)13)10(17-7(3)14)11-12(15-5)19-8(4)18-11/h5,9-12H,1-4H3/q+1/t5-,9-,10?,11?,12+/m1/s1. The summed E-state index contributed by atoms with van der Waals surface area (Å²) in [5.41, 5.74) is 0. The molecule has 0 aromatic carbocycles. The zero-order valence-corrected chi connectivity index (χ0v) is 11.2. The minimum Gasteiger partial charge on any atom is -0.456 e. The van der Waals surface area contributed by atoms with E-state index in [0.717, 1.165) is 0 Å². The van der Waals surface area contributed by atoms with E-state index < -0.39 is 42.6 Å². The molecule has 0 aromatic heterocycles. The highest BCUT2D eigenvalue weighted by molar-refractivity contribution is 5.69. The number of carbonyl (C=O) groups excluding carboxylic acids is 3. The maximum Gasteiger partial charge on any atom is 0.484 e. The summed E-state index contributed by atoms with van der Waals surface area (Å²) >= 11 is 0. The Kier molecular flexibility index (Phi) is 3.75. The molecule has 0 aliphatic carbocycles. The van der Waals surface area contributed by atoms with Crippen LogP contribution in [0.2, 0.25) is 0 Å². The third kappa shape index (κ3) is 2.86. The molecular formula is C12H17O7+. The predicted octanol–water partition coefficient (Wildman–Crippen LogP) is 0.0756. The van der Waals surface area contributed by atoms with E-state index in [-0.39, 0.29) is 0 Å². The molecule has 0 saturated carbocycles. The van der Waals surface area contributed by atoms with E-state index in [1.54, 1.807) is 13.8 Å². The van der Waals surface area contributed by atoms with Gasteiger partial charge < -0.3 is 18.9 Å². The van der Waals surface area contributed by atoms with Crippen molar-refractivity contribution in [3.63, 3.8) is 0 Å². The molecule has 19 heavy (non-hydrogen) atoms. The van der Waals surface area contributed by atoms with Crippen LogP contribution in [0.5, 0.6) is 0 Å². The Balaban J connectivity index is 2.22. The van der Waals surface area contributed by atoms with Gasteiger partial charge >= 0.3 is 30.3 Å². The fourth-order valence-corrected chi connectivity index (χ4v) is 2.26. The van der Waals surface area contributed by atoms with Crippen LogP contribution in [0.4, 0.5) is 0 Å². The Morgan fingerprint density at radius 1 is 1.16 bits per heavy atom. The second-order valence-corrected chi connectivity index (χ2v) is 4.55. The van der Waals surface area contributed by atoms with Gasteiger partial charge in [-0.05, 0) is 6.92 Å². The van der Waals surface area contributed by atoms with Gasteiger partial charge in [-0.3, -0.25) is 14.0 Å². The van der Waals surface area contributed by atoms with Crippen molar-refractivity contribution in [2.24, 2.45) is 0 Å². The molecule has 0 aromatic rings. The zero-order chi connectivity index (χ0) is 14.2. The molecule has 7 nitrogen and oxygen atoms in total. The zero-order valence-electron chi connectivity index (χ0n) is 11.2. The summed E-state index contributed by atoms with van der Waals surface area (Å²) in [7, 11) is 0. The number of ether oxygens (including phenoxy) is 4. The highest BCUT2D eigenvalue weighted by Crippen LogP contribution is 2.30. The van der Waals surface area contributed by atoms with Crippen LogP contribution in [0.3, 0.4) is 0 Å². The highest BCUT2D eigenvalue weighted by Gasteiger charge is 2.59. The van der Waals surface area contributed by atoms with Crippen molar-refractivity contribution in [1.82, 2.24) is 0 Å². The van der Waals surface area contributed by atoms with Crippen LogP contribution in [0.25, 0.3) is 0 Å². The normalized spacial score (nSPS) is 36.8. The molecular weight excluding hydrogens is 256 g/mol. The summed E-state index contributed by atoms with van der Waals surface area (Å²) in [6.45, 7) is 5.93. The number of carbonyl (C=O) groups is 2. The second-order valence-electron chi connectivity index (χ2n) is 4.55. The molecule has 2 rings (SSSR count). The van der Waals surface area contributed by atoms with Crippen LogP contribution < -0.4 is 0 Å². The molecule has 7 heteroatoms. The van der Waals surface area contributed by atoms with E-state index in [2.05, 4.69) is 0 Å². The quantitative estimate of drug-likeness (QED) is 0.402. The van der Waals surface area contributed by atoms with Crippen LogP contribution >= 0.6 is 0 Å². The Labute approximate surface area is 110 Å². The van der Waals surface area contributed by atoms with Crippen molar-refractivity contribution in [2.75, 3.05) is 0 Å².